The molecule has 0 unspecified atom stereocenters. The first-order valence-electron chi connectivity index (χ1n) is 6.41. The van der Waals surface area contributed by atoms with E-state index in [0.29, 0.717) is 17.8 Å². The number of nitrogens with zero attached hydrogens (tertiary/aromatic N) is 2. The highest BCUT2D eigenvalue weighted by atomic mass is 32.1. The summed E-state index contributed by atoms with van der Waals surface area (Å²) in [5.74, 6) is -0.906. The molecule has 0 aliphatic heterocycles. The maximum atomic E-state index is 11.6. The van der Waals surface area contributed by atoms with Crippen LogP contribution in [0.4, 0.5) is 0 Å². The average Bonchev–Trinajstić information content (AvgIpc) is 3.04. The summed E-state index contributed by atoms with van der Waals surface area (Å²) in [6.45, 7) is 4.05. The van der Waals surface area contributed by atoms with Gasteiger partial charge < -0.3 is 5.11 Å². The fraction of sp³-hybridized carbons (Fsp3) is 0.286. The molecule has 1 N–H and O–H groups in total. The van der Waals surface area contributed by atoms with Crippen molar-refractivity contribution in [2.24, 2.45) is 0 Å². The normalized spacial score (nSPS) is 11.3. The summed E-state index contributed by atoms with van der Waals surface area (Å²) in [7, 11) is 0. The van der Waals surface area contributed by atoms with Gasteiger partial charge in [0.2, 0.25) is 0 Å². The molecule has 104 valence electrons. The molecule has 0 atom stereocenters. The fourth-order valence-electron chi connectivity index (χ4n) is 2.39. The van der Waals surface area contributed by atoms with E-state index in [2.05, 4.69) is 4.98 Å². The summed E-state index contributed by atoms with van der Waals surface area (Å²) >= 11 is 3.17. The minimum atomic E-state index is -0.906. The Kier molecular flexibility index (Phi) is 3.35. The maximum absolute atomic E-state index is 11.6. The molecule has 0 amide bonds. The number of rotatable bonds is 4. The highest BCUT2D eigenvalue weighted by Crippen LogP contribution is 2.35. The van der Waals surface area contributed by atoms with Crippen molar-refractivity contribution >= 4 is 33.6 Å². The molecule has 3 aromatic heterocycles. The van der Waals surface area contributed by atoms with Gasteiger partial charge in [-0.3, -0.25) is 4.40 Å². The number of aromatic nitrogens is 2. The van der Waals surface area contributed by atoms with Gasteiger partial charge in [-0.15, -0.1) is 22.7 Å². The zero-order valence-electron chi connectivity index (χ0n) is 11.2. The molecule has 0 saturated heterocycles. The molecule has 0 fully saturated rings. The summed E-state index contributed by atoms with van der Waals surface area (Å²) in [6, 6.07) is 4.00. The van der Waals surface area contributed by atoms with Crippen molar-refractivity contribution in [2.75, 3.05) is 0 Å². The van der Waals surface area contributed by atoms with Crippen molar-refractivity contribution in [1.82, 2.24) is 9.38 Å². The number of carboxylic acid groups (broad SMARTS) is 1. The van der Waals surface area contributed by atoms with Crippen molar-refractivity contribution in [3.8, 4) is 10.6 Å². The Morgan fingerprint density at radius 2 is 2.30 bits per heavy atom. The lowest BCUT2D eigenvalue weighted by atomic mass is 10.2. The topological polar surface area (TPSA) is 54.6 Å². The summed E-state index contributed by atoms with van der Waals surface area (Å²) < 4.78 is 1.80. The fourth-order valence-corrected chi connectivity index (χ4v) is 4.27. The van der Waals surface area contributed by atoms with Gasteiger partial charge in [0.25, 0.3) is 0 Å². The van der Waals surface area contributed by atoms with Gasteiger partial charge in [0.1, 0.15) is 0 Å². The molecular formula is C14H14N2O2S2. The van der Waals surface area contributed by atoms with Gasteiger partial charge in [-0.25, -0.2) is 9.78 Å². The number of aryl methyl sites for hydroxylation is 2. The summed E-state index contributed by atoms with van der Waals surface area (Å²) in [4.78, 5) is 19.1. The molecule has 4 nitrogen and oxygen atoms in total. The average molecular weight is 306 g/mol. The molecule has 0 aromatic carbocycles. The van der Waals surface area contributed by atoms with Gasteiger partial charge in [0.15, 0.2) is 10.7 Å². The van der Waals surface area contributed by atoms with Crippen molar-refractivity contribution in [2.45, 2.75) is 26.7 Å². The Balaban J connectivity index is 2.35. The SMILES string of the molecule is CCCc1nc2sc(C)c(-c3cccs3)n2c1C(=O)O. The highest BCUT2D eigenvalue weighted by Gasteiger charge is 2.24. The van der Waals surface area contributed by atoms with Gasteiger partial charge in [-0.2, -0.15) is 0 Å². The summed E-state index contributed by atoms with van der Waals surface area (Å²) in [5.41, 5.74) is 1.96. The number of imidazole rings is 1. The number of thiazole rings is 1. The van der Waals surface area contributed by atoms with E-state index in [0.717, 1.165) is 26.8 Å². The predicted octanol–water partition coefficient (Wildman–Crippen LogP) is 4.08. The zero-order valence-corrected chi connectivity index (χ0v) is 12.8. The van der Waals surface area contributed by atoms with Crippen LogP contribution in [0.25, 0.3) is 15.5 Å². The van der Waals surface area contributed by atoms with Gasteiger partial charge in [0, 0.05) is 4.88 Å². The van der Waals surface area contributed by atoms with Crippen LogP contribution in [-0.2, 0) is 6.42 Å². The molecule has 0 aliphatic rings. The highest BCUT2D eigenvalue weighted by molar-refractivity contribution is 7.18. The Morgan fingerprint density at radius 3 is 2.90 bits per heavy atom. The molecule has 0 saturated carbocycles. The summed E-state index contributed by atoms with van der Waals surface area (Å²) in [5, 5.41) is 11.6. The van der Waals surface area contributed by atoms with Crippen LogP contribution in [0.3, 0.4) is 0 Å². The molecule has 3 aromatic rings. The number of thiophene rings is 1. The van der Waals surface area contributed by atoms with Crippen molar-refractivity contribution in [1.29, 1.82) is 0 Å². The number of carbonyl (C=O) groups is 1. The van der Waals surface area contributed by atoms with Gasteiger partial charge in [-0.1, -0.05) is 19.4 Å². The molecule has 3 heterocycles. The molecule has 20 heavy (non-hydrogen) atoms. The van der Waals surface area contributed by atoms with Gasteiger partial charge >= 0.3 is 5.97 Å². The molecule has 0 bridgehead atoms. The van der Waals surface area contributed by atoms with Gasteiger partial charge in [0.05, 0.1) is 16.3 Å². The molecular weight excluding hydrogens is 292 g/mol. The largest absolute Gasteiger partial charge is 0.477 e. The smallest absolute Gasteiger partial charge is 0.354 e. The molecule has 0 spiro atoms. The van der Waals surface area contributed by atoms with Crippen LogP contribution in [-0.4, -0.2) is 20.5 Å². The van der Waals surface area contributed by atoms with Crippen LogP contribution in [0.1, 0.15) is 34.4 Å². The Hall–Kier alpha value is -1.66. The monoisotopic (exact) mass is 306 g/mol. The Morgan fingerprint density at radius 1 is 1.50 bits per heavy atom. The Labute approximate surface area is 124 Å². The minimum absolute atomic E-state index is 0.314. The van der Waals surface area contributed by atoms with Crippen LogP contribution in [0, 0.1) is 6.92 Å². The van der Waals surface area contributed by atoms with Crippen LogP contribution in [0.5, 0.6) is 0 Å². The third kappa shape index (κ3) is 1.96. The van der Waals surface area contributed by atoms with Crippen LogP contribution >= 0.6 is 22.7 Å². The zero-order chi connectivity index (χ0) is 14.3. The first kappa shape index (κ1) is 13.3. The van der Waals surface area contributed by atoms with Crippen molar-refractivity contribution in [3.05, 3.63) is 33.8 Å². The minimum Gasteiger partial charge on any atom is -0.477 e. The quantitative estimate of drug-likeness (QED) is 0.790. The third-order valence-electron chi connectivity index (χ3n) is 3.16. The standard InChI is InChI=1S/C14H14N2O2S2/c1-3-5-9-12(13(17)18)16-11(10-6-4-7-19-10)8(2)20-14(16)15-9/h4,6-7H,3,5H2,1-2H3,(H,17,18). The second-order valence-corrected chi connectivity index (χ2v) is 6.69. The lowest BCUT2D eigenvalue weighted by molar-refractivity contribution is 0.0688. The number of fused-ring (bicyclic) bond motifs is 1. The maximum Gasteiger partial charge on any atom is 0.354 e. The number of aromatic carboxylic acids is 1. The van der Waals surface area contributed by atoms with Crippen molar-refractivity contribution in [3.63, 3.8) is 0 Å². The molecule has 0 aliphatic carbocycles. The van der Waals surface area contributed by atoms with Crippen LogP contribution in [0.2, 0.25) is 0 Å². The lowest BCUT2D eigenvalue weighted by Crippen LogP contribution is -2.06. The van der Waals surface area contributed by atoms with E-state index in [1.807, 2.05) is 31.4 Å². The van der Waals surface area contributed by atoms with E-state index < -0.39 is 5.97 Å². The Bertz CT molecular complexity index is 769. The van der Waals surface area contributed by atoms with E-state index >= 15 is 0 Å². The number of hydrogen-bond donors (Lipinski definition) is 1. The predicted molar refractivity (Wildman–Crippen MR) is 82.1 cm³/mol. The first-order chi connectivity index (χ1) is 9.63. The lowest BCUT2D eigenvalue weighted by Gasteiger charge is -2.02. The van der Waals surface area contributed by atoms with E-state index in [1.165, 1.54) is 0 Å². The van der Waals surface area contributed by atoms with Gasteiger partial charge in [-0.05, 0) is 24.8 Å². The van der Waals surface area contributed by atoms with E-state index in [4.69, 9.17) is 0 Å². The molecule has 3 rings (SSSR count). The van der Waals surface area contributed by atoms with Crippen LogP contribution in [0.15, 0.2) is 17.5 Å². The second kappa shape index (κ2) is 5.03. The molecule has 6 heteroatoms. The number of carboxylic acids is 1. The van der Waals surface area contributed by atoms with E-state index in [9.17, 15) is 9.90 Å². The third-order valence-corrected chi connectivity index (χ3v) is 5.00. The molecule has 0 radical (unpaired) electrons. The van der Waals surface area contributed by atoms with E-state index in [1.54, 1.807) is 27.1 Å². The second-order valence-electron chi connectivity index (χ2n) is 4.56. The van der Waals surface area contributed by atoms with Crippen molar-refractivity contribution < 1.29 is 9.90 Å². The number of hydrogen-bond acceptors (Lipinski definition) is 4. The van der Waals surface area contributed by atoms with Crippen LogP contribution < -0.4 is 0 Å². The summed E-state index contributed by atoms with van der Waals surface area (Å²) in [6.07, 6.45) is 1.58. The first-order valence-corrected chi connectivity index (χ1v) is 8.11. The van der Waals surface area contributed by atoms with E-state index in [-0.39, 0.29) is 0 Å².